The second kappa shape index (κ2) is 5.74. The monoisotopic (exact) mass is 304 g/mol. The van der Waals surface area contributed by atoms with Crippen LogP contribution in [0.5, 0.6) is 0 Å². The quantitative estimate of drug-likeness (QED) is 0.626. The van der Waals surface area contributed by atoms with Crippen LogP contribution in [0, 0.1) is 0 Å². The molecule has 0 atom stereocenters. The lowest BCUT2D eigenvalue weighted by molar-refractivity contribution is 0.248. The smallest absolute Gasteiger partial charge is 0.181 e. The SMILES string of the molecule is OCc1ccc(-c2nc(Cc3ccccc3)c3ccccn23)o1. The van der Waals surface area contributed by atoms with E-state index in [1.165, 1.54) is 5.56 Å². The van der Waals surface area contributed by atoms with Crippen LogP contribution in [0.25, 0.3) is 17.1 Å². The van der Waals surface area contributed by atoms with Crippen molar-refractivity contribution < 1.29 is 9.52 Å². The number of aromatic nitrogens is 2. The predicted molar refractivity (Wildman–Crippen MR) is 88.1 cm³/mol. The van der Waals surface area contributed by atoms with Crippen molar-refractivity contribution in [2.75, 3.05) is 0 Å². The summed E-state index contributed by atoms with van der Waals surface area (Å²) < 4.78 is 7.68. The van der Waals surface area contributed by atoms with Crippen LogP contribution in [0.4, 0.5) is 0 Å². The lowest BCUT2D eigenvalue weighted by Crippen LogP contribution is -1.89. The minimum atomic E-state index is -0.111. The first kappa shape index (κ1) is 13.8. The average molecular weight is 304 g/mol. The summed E-state index contributed by atoms with van der Waals surface area (Å²) in [6.07, 6.45) is 2.75. The summed E-state index contributed by atoms with van der Waals surface area (Å²) >= 11 is 0. The fraction of sp³-hybridized carbons (Fsp3) is 0.105. The minimum absolute atomic E-state index is 0.111. The Morgan fingerprint density at radius 3 is 2.57 bits per heavy atom. The van der Waals surface area contributed by atoms with Crippen LogP contribution >= 0.6 is 0 Å². The standard InChI is InChI=1S/C19H16N2O2/c22-13-15-9-10-18(23-15)19-20-16(12-14-6-2-1-3-7-14)17-8-4-5-11-21(17)19/h1-11,22H,12-13H2. The van der Waals surface area contributed by atoms with E-state index in [0.29, 0.717) is 11.5 Å². The number of rotatable bonds is 4. The fourth-order valence-electron chi connectivity index (χ4n) is 2.78. The molecule has 4 nitrogen and oxygen atoms in total. The van der Waals surface area contributed by atoms with Gasteiger partial charge in [-0.15, -0.1) is 0 Å². The van der Waals surface area contributed by atoms with Gasteiger partial charge in [0.15, 0.2) is 11.6 Å². The number of hydrogen-bond acceptors (Lipinski definition) is 3. The molecule has 23 heavy (non-hydrogen) atoms. The molecule has 0 fully saturated rings. The van der Waals surface area contributed by atoms with Crippen LogP contribution in [0.1, 0.15) is 17.0 Å². The number of imidazole rings is 1. The van der Waals surface area contributed by atoms with E-state index in [4.69, 9.17) is 9.40 Å². The molecule has 1 aromatic carbocycles. The van der Waals surface area contributed by atoms with Gasteiger partial charge in [0.2, 0.25) is 0 Å². The zero-order valence-electron chi connectivity index (χ0n) is 12.5. The van der Waals surface area contributed by atoms with E-state index in [9.17, 15) is 5.11 Å². The second-order valence-corrected chi connectivity index (χ2v) is 5.42. The molecule has 0 amide bonds. The van der Waals surface area contributed by atoms with Gasteiger partial charge >= 0.3 is 0 Å². The van der Waals surface area contributed by atoms with Crippen molar-refractivity contribution in [2.45, 2.75) is 13.0 Å². The molecule has 3 heterocycles. The van der Waals surface area contributed by atoms with Crippen molar-refractivity contribution in [3.05, 3.63) is 83.9 Å². The Bertz CT molecular complexity index is 938. The first-order valence-electron chi connectivity index (χ1n) is 7.55. The normalized spacial score (nSPS) is 11.2. The molecule has 0 radical (unpaired) electrons. The molecule has 0 saturated carbocycles. The third-order valence-corrected chi connectivity index (χ3v) is 3.88. The first-order chi connectivity index (χ1) is 11.3. The molecular formula is C19H16N2O2. The van der Waals surface area contributed by atoms with Crippen molar-refractivity contribution in [3.8, 4) is 11.6 Å². The number of aliphatic hydroxyl groups is 1. The number of furan rings is 1. The van der Waals surface area contributed by atoms with Gasteiger partial charge in [0, 0.05) is 12.6 Å². The summed E-state index contributed by atoms with van der Waals surface area (Å²) in [6, 6.07) is 20.0. The highest BCUT2D eigenvalue weighted by molar-refractivity contribution is 5.63. The van der Waals surface area contributed by atoms with Crippen molar-refractivity contribution in [2.24, 2.45) is 0 Å². The molecule has 114 valence electrons. The van der Waals surface area contributed by atoms with Crippen molar-refractivity contribution in [3.63, 3.8) is 0 Å². The lowest BCUT2D eigenvalue weighted by Gasteiger charge is -1.99. The van der Waals surface area contributed by atoms with Crippen LogP contribution in [-0.4, -0.2) is 14.5 Å². The molecule has 1 N–H and O–H groups in total. The second-order valence-electron chi connectivity index (χ2n) is 5.42. The summed E-state index contributed by atoms with van der Waals surface area (Å²) in [5.41, 5.74) is 3.29. The zero-order chi connectivity index (χ0) is 15.6. The van der Waals surface area contributed by atoms with E-state index in [-0.39, 0.29) is 6.61 Å². The average Bonchev–Trinajstić information content (AvgIpc) is 3.21. The van der Waals surface area contributed by atoms with Gasteiger partial charge in [0.05, 0.1) is 11.2 Å². The molecule has 4 aromatic rings. The van der Waals surface area contributed by atoms with Gasteiger partial charge < -0.3 is 9.52 Å². The maximum absolute atomic E-state index is 9.19. The zero-order valence-corrected chi connectivity index (χ0v) is 12.5. The maximum Gasteiger partial charge on any atom is 0.181 e. The highest BCUT2D eigenvalue weighted by Crippen LogP contribution is 2.26. The van der Waals surface area contributed by atoms with E-state index < -0.39 is 0 Å². The number of pyridine rings is 1. The van der Waals surface area contributed by atoms with Crippen LogP contribution in [0.3, 0.4) is 0 Å². The molecule has 0 bridgehead atoms. The number of aliphatic hydroxyl groups excluding tert-OH is 1. The van der Waals surface area contributed by atoms with Crippen LogP contribution < -0.4 is 0 Å². The van der Waals surface area contributed by atoms with Gasteiger partial charge in [0.1, 0.15) is 12.4 Å². The maximum atomic E-state index is 9.19. The molecule has 0 aliphatic heterocycles. The van der Waals surface area contributed by atoms with Crippen LogP contribution in [-0.2, 0) is 13.0 Å². The molecular weight excluding hydrogens is 288 g/mol. The number of benzene rings is 1. The van der Waals surface area contributed by atoms with E-state index in [1.807, 2.05) is 47.0 Å². The Balaban J connectivity index is 1.83. The van der Waals surface area contributed by atoms with Gasteiger partial charge in [-0.2, -0.15) is 0 Å². The Morgan fingerprint density at radius 2 is 1.78 bits per heavy atom. The van der Waals surface area contributed by atoms with Gasteiger partial charge in [-0.25, -0.2) is 4.98 Å². The molecule has 0 saturated heterocycles. The summed E-state index contributed by atoms with van der Waals surface area (Å²) in [5.74, 6) is 1.96. The fourth-order valence-corrected chi connectivity index (χ4v) is 2.78. The summed E-state index contributed by atoms with van der Waals surface area (Å²) in [4.78, 5) is 4.79. The van der Waals surface area contributed by atoms with Gasteiger partial charge in [-0.05, 0) is 29.8 Å². The number of nitrogens with zero attached hydrogens (tertiary/aromatic N) is 2. The largest absolute Gasteiger partial charge is 0.455 e. The van der Waals surface area contributed by atoms with Crippen molar-refractivity contribution in [1.82, 2.24) is 9.38 Å². The highest BCUT2D eigenvalue weighted by atomic mass is 16.4. The van der Waals surface area contributed by atoms with E-state index in [1.54, 1.807) is 6.07 Å². The Hall–Kier alpha value is -2.85. The molecule has 0 unspecified atom stereocenters. The highest BCUT2D eigenvalue weighted by Gasteiger charge is 2.15. The van der Waals surface area contributed by atoms with E-state index in [2.05, 4.69) is 18.2 Å². The third kappa shape index (κ3) is 2.53. The summed E-state index contributed by atoms with van der Waals surface area (Å²) in [7, 11) is 0. The van der Waals surface area contributed by atoms with Crippen LogP contribution in [0.2, 0.25) is 0 Å². The molecule has 3 aromatic heterocycles. The Kier molecular flexibility index (Phi) is 3.44. The first-order valence-corrected chi connectivity index (χ1v) is 7.55. The lowest BCUT2D eigenvalue weighted by atomic mass is 10.1. The molecule has 4 heteroatoms. The molecule has 0 spiro atoms. The van der Waals surface area contributed by atoms with E-state index in [0.717, 1.165) is 23.5 Å². The number of hydrogen-bond donors (Lipinski definition) is 1. The minimum Gasteiger partial charge on any atom is -0.455 e. The predicted octanol–water partition coefficient (Wildman–Crippen LogP) is 3.68. The van der Waals surface area contributed by atoms with Crippen LogP contribution in [0.15, 0.2) is 71.3 Å². The van der Waals surface area contributed by atoms with Gasteiger partial charge in [0.25, 0.3) is 0 Å². The van der Waals surface area contributed by atoms with Gasteiger partial charge in [-0.1, -0.05) is 36.4 Å². The van der Waals surface area contributed by atoms with Gasteiger partial charge in [-0.3, -0.25) is 4.40 Å². The van der Waals surface area contributed by atoms with Crippen molar-refractivity contribution in [1.29, 1.82) is 0 Å². The third-order valence-electron chi connectivity index (χ3n) is 3.88. The number of fused-ring (bicyclic) bond motifs is 1. The molecule has 0 aliphatic carbocycles. The topological polar surface area (TPSA) is 50.7 Å². The molecule has 0 aliphatic rings. The summed E-state index contributed by atoms with van der Waals surface area (Å²) in [5, 5.41) is 9.19. The summed E-state index contributed by atoms with van der Waals surface area (Å²) in [6.45, 7) is -0.111. The Morgan fingerprint density at radius 1 is 0.957 bits per heavy atom. The Labute approximate surface area is 133 Å². The van der Waals surface area contributed by atoms with E-state index >= 15 is 0 Å². The molecule has 4 rings (SSSR count). The van der Waals surface area contributed by atoms with Crippen molar-refractivity contribution >= 4 is 5.52 Å².